The Balaban J connectivity index is 2.43. The number of carbonyl (C=O) groups excluding carboxylic acids is 1. The third-order valence-electron chi connectivity index (χ3n) is 2.31. The summed E-state index contributed by atoms with van der Waals surface area (Å²) in [6.07, 6.45) is 3.77. The molecule has 0 aliphatic carbocycles. The lowest BCUT2D eigenvalue weighted by Gasteiger charge is -2.09. The van der Waals surface area contributed by atoms with Gasteiger partial charge in [-0.3, -0.25) is 9.52 Å². The third-order valence-corrected chi connectivity index (χ3v) is 2.90. The van der Waals surface area contributed by atoms with E-state index in [4.69, 9.17) is 0 Å². The zero-order chi connectivity index (χ0) is 13.9. The number of hydrogen-bond donors (Lipinski definition) is 1. The molecule has 2 rings (SSSR count). The van der Waals surface area contributed by atoms with Crippen molar-refractivity contribution in [3.8, 4) is 0 Å². The smallest absolute Gasteiger partial charge is 0.229 e. The number of nitrogens with one attached hydrogen (secondary N) is 1. The van der Waals surface area contributed by atoms with Crippen LogP contribution in [0.4, 0.5) is 5.69 Å². The monoisotopic (exact) mass is 277 g/mol. The van der Waals surface area contributed by atoms with Crippen LogP contribution in [0.3, 0.4) is 0 Å². The number of carbonyl (C=O) groups is 1. The molecule has 0 aliphatic heterocycles. The van der Waals surface area contributed by atoms with Crippen molar-refractivity contribution in [1.29, 1.82) is 0 Å². The average molecular weight is 277 g/mol. The van der Waals surface area contributed by atoms with Crippen LogP contribution in [0, 0.1) is 0 Å². The van der Waals surface area contributed by atoms with Crippen molar-refractivity contribution in [2.75, 3.05) is 11.0 Å². The maximum absolute atomic E-state index is 12.3. The lowest BCUT2D eigenvalue weighted by Crippen LogP contribution is -2.13. The maximum Gasteiger partial charge on any atom is 0.229 e. The fourth-order valence-electron chi connectivity index (χ4n) is 1.55. The highest BCUT2D eigenvalue weighted by Gasteiger charge is 2.15. The normalized spacial score (nSPS) is 11.0. The molecule has 1 heterocycles. The van der Waals surface area contributed by atoms with Crippen molar-refractivity contribution in [2.45, 2.75) is 0 Å². The number of hydrogen-bond acceptors (Lipinski definition) is 5. The Morgan fingerprint density at radius 1 is 1.16 bits per heavy atom. The number of benzene rings is 1. The van der Waals surface area contributed by atoms with Crippen molar-refractivity contribution in [3.05, 3.63) is 53.9 Å². The molecule has 2 aromatic rings. The van der Waals surface area contributed by atoms with E-state index in [2.05, 4.69) is 14.9 Å². The SMILES string of the molecule is CS(=O)(=O)Nc1ccccc1C(=O)c1ccnnc1. The molecule has 1 N–H and O–H groups in total. The van der Waals surface area contributed by atoms with Crippen LogP contribution in [0.5, 0.6) is 0 Å². The molecule has 0 saturated carbocycles. The quantitative estimate of drug-likeness (QED) is 0.845. The van der Waals surface area contributed by atoms with Crippen molar-refractivity contribution in [3.63, 3.8) is 0 Å². The van der Waals surface area contributed by atoms with E-state index in [0.717, 1.165) is 6.26 Å². The van der Waals surface area contributed by atoms with E-state index in [-0.39, 0.29) is 17.0 Å². The molecule has 7 heteroatoms. The predicted molar refractivity (Wildman–Crippen MR) is 70.4 cm³/mol. The lowest BCUT2D eigenvalue weighted by molar-refractivity contribution is 0.103. The highest BCUT2D eigenvalue weighted by molar-refractivity contribution is 7.92. The minimum Gasteiger partial charge on any atom is -0.288 e. The van der Waals surface area contributed by atoms with Crippen LogP contribution < -0.4 is 4.72 Å². The summed E-state index contributed by atoms with van der Waals surface area (Å²) in [4.78, 5) is 12.3. The molecule has 0 saturated heterocycles. The van der Waals surface area contributed by atoms with Crippen LogP contribution in [0.15, 0.2) is 42.7 Å². The van der Waals surface area contributed by atoms with Gasteiger partial charge in [0, 0.05) is 11.1 Å². The van der Waals surface area contributed by atoms with Gasteiger partial charge in [0.15, 0.2) is 5.78 Å². The molecule has 0 radical (unpaired) electrons. The van der Waals surface area contributed by atoms with Gasteiger partial charge < -0.3 is 0 Å². The highest BCUT2D eigenvalue weighted by atomic mass is 32.2. The highest BCUT2D eigenvalue weighted by Crippen LogP contribution is 2.19. The van der Waals surface area contributed by atoms with Gasteiger partial charge in [0.05, 0.1) is 24.3 Å². The molecule has 0 unspecified atom stereocenters. The summed E-state index contributed by atoms with van der Waals surface area (Å²) in [5.41, 5.74) is 0.852. The number of anilines is 1. The summed E-state index contributed by atoms with van der Waals surface area (Å²) in [6.45, 7) is 0. The number of para-hydroxylation sites is 1. The lowest BCUT2D eigenvalue weighted by atomic mass is 10.0. The van der Waals surface area contributed by atoms with E-state index >= 15 is 0 Å². The second kappa shape index (κ2) is 5.15. The van der Waals surface area contributed by atoms with Crippen LogP contribution in [-0.2, 0) is 10.0 Å². The summed E-state index contributed by atoms with van der Waals surface area (Å²) in [6, 6.07) is 7.91. The van der Waals surface area contributed by atoms with E-state index in [0.29, 0.717) is 5.56 Å². The number of rotatable bonds is 4. The van der Waals surface area contributed by atoms with Crippen LogP contribution >= 0.6 is 0 Å². The van der Waals surface area contributed by atoms with E-state index in [1.165, 1.54) is 24.5 Å². The van der Waals surface area contributed by atoms with Gasteiger partial charge in [-0.05, 0) is 18.2 Å². The first-order valence-electron chi connectivity index (χ1n) is 5.35. The summed E-state index contributed by atoms with van der Waals surface area (Å²) in [5.74, 6) is -0.318. The molecule has 1 aromatic heterocycles. The summed E-state index contributed by atoms with van der Waals surface area (Å²) >= 11 is 0. The number of ketones is 1. The molecule has 0 fully saturated rings. The predicted octanol–water partition coefficient (Wildman–Crippen LogP) is 1.08. The van der Waals surface area contributed by atoms with Gasteiger partial charge in [-0.15, -0.1) is 0 Å². The van der Waals surface area contributed by atoms with Crippen LogP contribution in [0.1, 0.15) is 15.9 Å². The summed E-state index contributed by atoms with van der Waals surface area (Å²) in [7, 11) is -3.45. The zero-order valence-electron chi connectivity index (χ0n) is 10.1. The van der Waals surface area contributed by atoms with Crippen molar-refractivity contribution < 1.29 is 13.2 Å². The minimum absolute atomic E-state index is 0.242. The molecule has 0 atom stereocenters. The number of nitrogens with zero attached hydrogens (tertiary/aromatic N) is 2. The van der Waals surface area contributed by atoms with E-state index in [1.54, 1.807) is 18.2 Å². The molecule has 0 amide bonds. The second-order valence-electron chi connectivity index (χ2n) is 3.88. The van der Waals surface area contributed by atoms with Gasteiger partial charge in [0.2, 0.25) is 10.0 Å². The van der Waals surface area contributed by atoms with Gasteiger partial charge in [-0.2, -0.15) is 10.2 Å². The van der Waals surface area contributed by atoms with Gasteiger partial charge in [-0.1, -0.05) is 12.1 Å². The molecule has 19 heavy (non-hydrogen) atoms. The molecule has 0 spiro atoms. The molecule has 6 nitrogen and oxygen atoms in total. The fourth-order valence-corrected chi connectivity index (χ4v) is 2.13. The summed E-state index contributed by atoms with van der Waals surface area (Å²) in [5, 5.41) is 7.22. The molecule has 98 valence electrons. The van der Waals surface area contributed by atoms with Crippen LogP contribution in [0.25, 0.3) is 0 Å². The minimum atomic E-state index is -3.45. The molecule has 0 aliphatic rings. The average Bonchev–Trinajstić information content (AvgIpc) is 2.38. The Bertz CT molecular complexity index is 699. The Kier molecular flexibility index (Phi) is 3.57. The Morgan fingerprint density at radius 2 is 1.89 bits per heavy atom. The number of aromatic nitrogens is 2. The van der Waals surface area contributed by atoms with Crippen molar-refractivity contribution in [1.82, 2.24) is 10.2 Å². The molecular weight excluding hydrogens is 266 g/mol. The van der Waals surface area contributed by atoms with E-state index in [1.807, 2.05) is 0 Å². The van der Waals surface area contributed by atoms with Crippen LogP contribution in [0.2, 0.25) is 0 Å². The first kappa shape index (κ1) is 13.2. The van der Waals surface area contributed by atoms with Crippen LogP contribution in [-0.4, -0.2) is 30.7 Å². The first-order chi connectivity index (χ1) is 8.97. The van der Waals surface area contributed by atoms with Crippen molar-refractivity contribution >= 4 is 21.5 Å². The molecular formula is C12H11N3O3S. The Labute approximate surface area is 110 Å². The molecule has 1 aromatic carbocycles. The fraction of sp³-hybridized carbons (Fsp3) is 0.0833. The number of sulfonamides is 1. The summed E-state index contributed by atoms with van der Waals surface area (Å²) < 4.78 is 24.9. The van der Waals surface area contributed by atoms with Crippen molar-refractivity contribution in [2.24, 2.45) is 0 Å². The second-order valence-corrected chi connectivity index (χ2v) is 5.63. The molecule has 0 bridgehead atoms. The zero-order valence-corrected chi connectivity index (χ0v) is 10.9. The largest absolute Gasteiger partial charge is 0.288 e. The van der Waals surface area contributed by atoms with Gasteiger partial charge >= 0.3 is 0 Å². The standard InChI is InChI=1S/C12H11N3O3S/c1-19(17,18)15-11-5-3-2-4-10(11)12(16)9-6-7-13-14-8-9/h2-8,15H,1H3. The Morgan fingerprint density at radius 3 is 2.53 bits per heavy atom. The Hall–Kier alpha value is -2.28. The first-order valence-corrected chi connectivity index (χ1v) is 7.25. The van der Waals surface area contributed by atoms with Gasteiger partial charge in [0.1, 0.15) is 0 Å². The maximum atomic E-state index is 12.3. The van der Waals surface area contributed by atoms with E-state index in [9.17, 15) is 13.2 Å². The topological polar surface area (TPSA) is 89.0 Å². The van der Waals surface area contributed by atoms with Gasteiger partial charge in [0.25, 0.3) is 0 Å². The van der Waals surface area contributed by atoms with Gasteiger partial charge in [-0.25, -0.2) is 8.42 Å². The third kappa shape index (κ3) is 3.35. The van der Waals surface area contributed by atoms with E-state index < -0.39 is 10.0 Å².